The van der Waals surface area contributed by atoms with Crippen LogP contribution in [0.15, 0.2) is 0 Å². The van der Waals surface area contributed by atoms with Crippen molar-refractivity contribution in [1.29, 1.82) is 0 Å². The maximum Gasteiger partial charge on any atom is 0.240 e. The van der Waals surface area contributed by atoms with Crippen molar-refractivity contribution in [3.05, 3.63) is 0 Å². The van der Waals surface area contributed by atoms with E-state index < -0.39 is 11.6 Å². The predicted octanol–water partition coefficient (Wildman–Crippen LogP) is 0.143. The Bertz CT molecular complexity index is 205. The minimum Gasteiger partial charge on any atom is -0.388 e. The number of carbonyl (C=O) groups is 1. The molecule has 0 aliphatic heterocycles. The van der Waals surface area contributed by atoms with Crippen LogP contribution in [0.25, 0.3) is 0 Å². The molecule has 0 aromatic heterocycles. The van der Waals surface area contributed by atoms with Gasteiger partial charge in [-0.25, -0.2) is 0 Å². The molecule has 4 nitrogen and oxygen atoms in total. The molecule has 1 atom stereocenters. The summed E-state index contributed by atoms with van der Waals surface area (Å²) in [4.78, 5) is 11.5. The predicted molar refractivity (Wildman–Crippen MR) is 54.7 cm³/mol. The summed E-state index contributed by atoms with van der Waals surface area (Å²) in [5, 5.41) is 12.4. The molecule has 1 aliphatic carbocycles. The van der Waals surface area contributed by atoms with Gasteiger partial charge in [0.15, 0.2) is 0 Å². The van der Waals surface area contributed by atoms with E-state index in [-0.39, 0.29) is 11.9 Å². The number of carbonyl (C=O) groups excluding carboxylic acids is 1. The maximum absolute atomic E-state index is 11.5. The van der Waals surface area contributed by atoms with Gasteiger partial charge in [-0.1, -0.05) is 12.8 Å². The molecule has 1 fully saturated rings. The Morgan fingerprint density at radius 1 is 1.50 bits per heavy atom. The molecule has 14 heavy (non-hydrogen) atoms. The highest BCUT2D eigenvalue weighted by atomic mass is 16.3. The zero-order valence-electron chi connectivity index (χ0n) is 8.92. The quantitative estimate of drug-likeness (QED) is 0.606. The van der Waals surface area contributed by atoms with Crippen LogP contribution in [0.1, 0.15) is 39.5 Å². The molecule has 0 radical (unpaired) electrons. The van der Waals surface area contributed by atoms with Gasteiger partial charge in [-0.2, -0.15) is 0 Å². The summed E-state index contributed by atoms with van der Waals surface area (Å²) in [6.45, 7) is 3.10. The fourth-order valence-electron chi connectivity index (χ4n) is 1.68. The zero-order valence-corrected chi connectivity index (χ0v) is 8.92. The van der Waals surface area contributed by atoms with Gasteiger partial charge < -0.3 is 16.2 Å². The van der Waals surface area contributed by atoms with E-state index in [0.29, 0.717) is 0 Å². The fourth-order valence-corrected chi connectivity index (χ4v) is 1.68. The van der Waals surface area contributed by atoms with Crippen molar-refractivity contribution < 1.29 is 9.90 Å². The Labute approximate surface area is 84.9 Å². The molecule has 0 unspecified atom stereocenters. The summed E-state index contributed by atoms with van der Waals surface area (Å²) in [6.07, 6.45) is 4.40. The summed E-state index contributed by atoms with van der Waals surface area (Å²) in [5.41, 5.74) is 4.46. The topological polar surface area (TPSA) is 75.3 Å². The third-order valence-electron chi connectivity index (χ3n) is 2.75. The second kappa shape index (κ2) is 4.28. The highest BCUT2D eigenvalue weighted by Crippen LogP contribution is 2.18. The summed E-state index contributed by atoms with van der Waals surface area (Å²) >= 11 is 0. The van der Waals surface area contributed by atoms with E-state index in [1.54, 1.807) is 13.8 Å². The number of amides is 1. The van der Waals surface area contributed by atoms with Crippen LogP contribution in [0.2, 0.25) is 0 Å². The van der Waals surface area contributed by atoms with E-state index >= 15 is 0 Å². The van der Waals surface area contributed by atoms with E-state index in [9.17, 15) is 9.90 Å². The molecule has 0 aromatic rings. The van der Waals surface area contributed by atoms with Gasteiger partial charge in [-0.15, -0.1) is 0 Å². The highest BCUT2D eigenvalue weighted by Gasteiger charge is 2.31. The first-order valence-corrected chi connectivity index (χ1v) is 5.19. The van der Waals surface area contributed by atoms with Gasteiger partial charge in [0.2, 0.25) is 5.91 Å². The Balaban J connectivity index is 2.41. The lowest BCUT2D eigenvalue weighted by Gasteiger charge is -2.26. The van der Waals surface area contributed by atoms with Crippen molar-refractivity contribution in [3.8, 4) is 0 Å². The molecule has 0 saturated heterocycles. The Morgan fingerprint density at radius 2 is 2.00 bits per heavy atom. The van der Waals surface area contributed by atoms with Gasteiger partial charge in [0.1, 0.15) is 6.04 Å². The first kappa shape index (κ1) is 11.5. The molecular formula is C10H20N2O2. The molecule has 4 N–H and O–H groups in total. The van der Waals surface area contributed by atoms with Crippen molar-refractivity contribution >= 4 is 5.91 Å². The first-order chi connectivity index (χ1) is 6.41. The average Bonchev–Trinajstić information content (AvgIpc) is 2.53. The van der Waals surface area contributed by atoms with Crippen LogP contribution in [0.5, 0.6) is 0 Å². The number of hydrogen-bond donors (Lipinski definition) is 3. The highest BCUT2D eigenvalue weighted by molar-refractivity contribution is 5.83. The number of rotatable bonds is 3. The summed E-state index contributed by atoms with van der Waals surface area (Å²) in [7, 11) is 0. The van der Waals surface area contributed by atoms with Crippen LogP contribution < -0.4 is 11.1 Å². The number of aliphatic hydroxyl groups is 1. The standard InChI is InChI=1S/C10H20N2O2/c1-10(2,14)8(11)9(13)12-7-5-3-4-6-7/h7-8,14H,3-6,11H2,1-2H3,(H,12,13)/t8-/m0/s1. The monoisotopic (exact) mass is 200 g/mol. The second-order valence-corrected chi connectivity index (χ2v) is 4.62. The summed E-state index contributed by atoms with van der Waals surface area (Å²) < 4.78 is 0. The molecule has 1 rings (SSSR count). The second-order valence-electron chi connectivity index (χ2n) is 4.62. The van der Waals surface area contributed by atoms with Gasteiger partial charge in [0, 0.05) is 6.04 Å². The maximum atomic E-state index is 11.5. The molecule has 4 heteroatoms. The molecule has 0 heterocycles. The molecule has 1 saturated carbocycles. The van der Waals surface area contributed by atoms with E-state index in [1.165, 1.54) is 12.8 Å². The van der Waals surface area contributed by atoms with Crippen molar-refractivity contribution in [3.63, 3.8) is 0 Å². The molecule has 1 amide bonds. The smallest absolute Gasteiger partial charge is 0.240 e. The van der Waals surface area contributed by atoms with Gasteiger partial charge >= 0.3 is 0 Å². The Morgan fingerprint density at radius 3 is 2.43 bits per heavy atom. The fraction of sp³-hybridized carbons (Fsp3) is 0.900. The first-order valence-electron chi connectivity index (χ1n) is 5.19. The van der Waals surface area contributed by atoms with Crippen molar-refractivity contribution in [2.24, 2.45) is 5.73 Å². The van der Waals surface area contributed by atoms with Crippen molar-refractivity contribution in [2.45, 2.75) is 57.2 Å². The Hall–Kier alpha value is -0.610. The SMILES string of the molecule is CC(C)(O)[C@@H](N)C(=O)NC1CCCC1. The van der Waals surface area contributed by atoms with E-state index in [2.05, 4.69) is 5.32 Å². The largest absolute Gasteiger partial charge is 0.388 e. The van der Waals surface area contributed by atoms with Crippen LogP contribution in [0.4, 0.5) is 0 Å². The number of hydrogen-bond acceptors (Lipinski definition) is 3. The van der Waals surface area contributed by atoms with Gasteiger partial charge in [0.05, 0.1) is 5.60 Å². The molecule has 0 bridgehead atoms. The third kappa shape index (κ3) is 2.96. The van der Waals surface area contributed by atoms with Crippen molar-refractivity contribution in [2.75, 3.05) is 0 Å². The Kier molecular flexibility index (Phi) is 3.50. The van der Waals surface area contributed by atoms with Gasteiger partial charge in [0.25, 0.3) is 0 Å². The minimum absolute atomic E-state index is 0.246. The van der Waals surface area contributed by atoms with Crippen LogP contribution in [-0.2, 0) is 4.79 Å². The van der Waals surface area contributed by atoms with Crippen LogP contribution in [0.3, 0.4) is 0 Å². The normalized spacial score (nSPS) is 20.9. The number of nitrogens with two attached hydrogens (primary N) is 1. The van der Waals surface area contributed by atoms with Crippen LogP contribution >= 0.6 is 0 Å². The van der Waals surface area contributed by atoms with E-state index in [4.69, 9.17) is 5.73 Å². The van der Waals surface area contributed by atoms with Crippen LogP contribution in [-0.4, -0.2) is 28.7 Å². The summed E-state index contributed by atoms with van der Waals surface area (Å²) in [6, 6.07) is -0.584. The average molecular weight is 200 g/mol. The molecular weight excluding hydrogens is 180 g/mol. The van der Waals surface area contributed by atoms with Crippen molar-refractivity contribution in [1.82, 2.24) is 5.32 Å². The van der Waals surface area contributed by atoms with E-state index in [1.807, 2.05) is 0 Å². The molecule has 0 aromatic carbocycles. The van der Waals surface area contributed by atoms with Crippen LogP contribution in [0, 0.1) is 0 Å². The minimum atomic E-state index is -1.15. The zero-order chi connectivity index (χ0) is 10.8. The molecule has 0 spiro atoms. The summed E-state index contributed by atoms with van der Waals surface area (Å²) in [5.74, 6) is -0.246. The lowest BCUT2D eigenvalue weighted by molar-refractivity contribution is -0.127. The third-order valence-corrected chi connectivity index (χ3v) is 2.75. The van der Waals surface area contributed by atoms with Gasteiger partial charge in [-0.05, 0) is 26.7 Å². The molecule has 1 aliphatic rings. The number of nitrogens with one attached hydrogen (secondary N) is 1. The van der Waals surface area contributed by atoms with Gasteiger partial charge in [-0.3, -0.25) is 4.79 Å². The van der Waals surface area contributed by atoms with E-state index in [0.717, 1.165) is 12.8 Å². The lowest BCUT2D eigenvalue weighted by atomic mass is 9.99. The molecule has 82 valence electrons. The lowest BCUT2D eigenvalue weighted by Crippen LogP contribution is -2.55.